The summed E-state index contributed by atoms with van der Waals surface area (Å²) in [7, 11) is 0. The topological polar surface area (TPSA) is 73.7 Å². The first-order valence-corrected chi connectivity index (χ1v) is 9.44. The van der Waals surface area contributed by atoms with Crippen molar-refractivity contribution in [3.8, 4) is 0 Å². The second-order valence-electron chi connectivity index (χ2n) is 7.18. The summed E-state index contributed by atoms with van der Waals surface area (Å²) in [6.45, 7) is 1.54. The molecule has 0 radical (unpaired) electrons. The summed E-state index contributed by atoms with van der Waals surface area (Å²) in [5, 5.41) is 10.2. The van der Waals surface area contributed by atoms with Gasteiger partial charge in [0.2, 0.25) is 5.91 Å². The van der Waals surface area contributed by atoms with Crippen LogP contribution in [0, 0.1) is 5.82 Å². The van der Waals surface area contributed by atoms with Crippen LogP contribution in [0.5, 0.6) is 0 Å². The zero-order chi connectivity index (χ0) is 22.2. The van der Waals surface area contributed by atoms with Gasteiger partial charge in [-0.3, -0.25) is 14.5 Å². The van der Waals surface area contributed by atoms with Crippen LogP contribution in [0.4, 0.5) is 19.0 Å². The molecule has 1 aliphatic rings. The van der Waals surface area contributed by atoms with Gasteiger partial charge < -0.3 is 10.0 Å². The molecule has 0 aliphatic carbocycles. The summed E-state index contributed by atoms with van der Waals surface area (Å²) in [6.07, 6.45) is -0.120. The van der Waals surface area contributed by atoms with E-state index in [1.54, 1.807) is 0 Å². The number of halogens is 4. The number of rotatable bonds is 5. The Hall–Kier alpha value is -2.65. The lowest BCUT2D eigenvalue weighted by molar-refractivity contribution is -0.148. The first kappa shape index (κ1) is 22.0. The van der Waals surface area contributed by atoms with Crippen molar-refractivity contribution < 1.29 is 27.9 Å². The minimum absolute atomic E-state index is 0.0295. The third-order valence-electron chi connectivity index (χ3n) is 4.78. The lowest BCUT2D eigenvalue weighted by atomic mass is 10.0. The predicted molar refractivity (Wildman–Crippen MR) is 104 cm³/mol. The highest BCUT2D eigenvalue weighted by Gasteiger charge is 2.43. The quantitative estimate of drug-likeness (QED) is 0.773. The molecule has 0 saturated carbocycles. The second kappa shape index (κ2) is 8.23. The number of amides is 2. The van der Waals surface area contributed by atoms with Crippen molar-refractivity contribution >= 4 is 29.2 Å². The number of benzene rings is 1. The molecular formula is C20H19ClF3N3O3. The number of carbonyl (C=O) groups is 2. The molecule has 6 nitrogen and oxygen atoms in total. The van der Waals surface area contributed by atoms with Crippen molar-refractivity contribution in [3.63, 3.8) is 0 Å². The molecule has 3 rings (SSSR count). The molecule has 0 spiro atoms. The lowest BCUT2D eigenvalue weighted by Gasteiger charge is -2.41. The predicted octanol–water partition coefficient (Wildman–Crippen LogP) is 3.11. The van der Waals surface area contributed by atoms with Gasteiger partial charge in [-0.25, -0.2) is 18.2 Å². The fourth-order valence-electron chi connectivity index (χ4n) is 3.29. The van der Waals surface area contributed by atoms with E-state index >= 15 is 0 Å². The van der Waals surface area contributed by atoms with E-state index in [1.165, 1.54) is 31.2 Å². The first-order chi connectivity index (χ1) is 14.0. The molecule has 0 unspecified atom stereocenters. The van der Waals surface area contributed by atoms with Crippen LogP contribution in [0.1, 0.15) is 25.0 Å². The van der Waals surface area contributed by atoms with Gasteiger partial charge in [0.25, 0.3) is 11.8 Å². The van der Waals surface area contributed by atoms with Crippen LogP contribution in [0.3, 0.4) is 0 Å². The van der Waals surface area contributed by atoms with Gasteiger partial charge in [0.1, 0.15) is 12.6 Å². The maximum atomic E-state index is 14.3. The summed E-state index contributed by atoms with van der Waals surface area (Å²) in [5.41, 5.74) is 0.314. The van der Waals surface area contributed by atoms with Crippen LogP contribution < -0.4 is 4.90 Å². The molecule has 10 heteroatoms. The molecule has 1 N–H and O–H groups in total. The number of aliphatic hydroxyl groups is 1. The Labute approximate surface area is 175 Å². The third-order valence-corrected chi connectivity index (χ3v) is 4.99. The lowest BCUT2D eigenvalue weighted by Crippen LogP contribution is -2.63. The van der Waals surface area contributed by atoms with E-state index in [0.29, 0.717) is 5.56 Å². The van der Waals surface area contributed by atoms with Crippen molar-refractivity contribution in [2.24, 2.45) is 0 Å². The molecule has 1 aliphatic heterocycles. The van der Waals surface area contributed by atoms with Gasteiger partial charge in [-0.2, -0.15) is 0 Å². The SMILES string of the molecule is C[C@@H](O)[C@H]1C(=O)N(c2ncc(Cl)cc2F)CC(=O)N1Cc1ccc(C(C)(F)F)cc1. The number of hydrogen-bond donors (Lipinski definition) is 1. The van der Waals surface area contributed by atoms with Crippen LogP contribution in [-0.2, 0) is 22.1 Å². The van der Waals surface area contributed by atoms with E-state index in [4.69, 9.17) is 11.6 Å². The zero-order valence-electron chi connectivity index (χ0n) is 16.2. The second-order valence-corrected chi connectivity index (χ2v) is 7.61. The van der Waals surface area contributed by atoms with E-state index < -0.39 is 42.2 Å². The molecule has 2 atom stereocenters. The molecule has 2 heterocycles. The highest BCUT2D eigenvalue weighted by Crippen LogP contribution is 2.29. The highest BCUT2D eigenvalue weighted by molar-refractivity contribution is 6.30. The number of alkyl halides is 2. The van der Waals surface area contributed by atoms with E-state index in [-0.39, 0.29) is 22.9 Å². The van der Waals surface area contributed by atoms with Crippen LogP contribution in [0.25, 0.3) is 0 Å². The van der Waals surface area contributed by atoms with Gasteiger partial charge in [-0.05, 0) is 18.6 Å². The van der Waals surface area contributed by atoms with Crippen LogP contribution in [0.15, 0.2) is 36.5 Å². The number of nitrogens with zero attached hydrogens (tertiary/aromatic N) is 3. The maximum absolute atomic E-state index is 14.3. The fraction of sp³-hybridized carbons (Fsp3) is 0.350. The summed E-state index contributed by atoms with van der Waals surface area (Å²) in [4.78, 5) is 31.6. The van der Waals surface area contributed by atoms with Gasteiger partial charge >= 0.3 is 0 Å². The average molecular weight is 442 g/mol. The van der Waals surface area contributed by atoms with E-state index in [2.05, 4.69) is 4.98 Å². The molecule has 1 aromatic heterocycles. The highest BCUT2D eigenvalue weighted by atomic mass is 35.5. The number of aromatic nitrogens is 1. The van der Waals surface area contributed by atoms with Crippen molar-refractivity contribution in [2.45, 2.75) is 38.5 Å². The van der Waals surface area contributed by atoms with E-state index in [9.17, 15) is 27.9 Å². The summed E-state index contributed by atoms with van der Waals surface area (Å²) < 4.78 is 41.0. The number of aliphatic hydroxyl groups excluding tert-OH is 1. The molecule has 30 heavy (non-hydrogen) atoms. The Kier molecular flexibility index (Phi) is 6.05. The Morgan fingerprint density at radius 2 is 1.93 bits per heavy atom. The minimum atomic E-state index is -3.01. The van der Waals surface area contributed by atoms with Crippen LogP contribution in [-0.4, -0.2) is 45.5 Å². The average Bonchev–Trinajstić information content (AvgIpc) is 2.64. The van der Waals surface area contributed by atoms with Crippen LogP contribution in [0.2, 0.25) is 5.02 Å². The standard InChI is InChI=1S/C20H19ClF3N3O3/c1-11(28)17-19(30)27(18-15(22)7-14(21)8-25-18)10-16(29)26(17)9-12-3-5-13(6-4-12)20(2,23)24/h3-8,11,17,28H,9-10H2,1-2H3/t11-,17+/m1/s1. The molecule has 1 fully saturated rings. The number of carbonyl (C=O) groups excluding carboxylic acids is 2. The Morgan fingerprint density at radius 1 is 1.30 bits per heavy atom. The van der Waals surface area contributed by atoms with E-state index in [0.717, 1.165) is 29.0 Å². The molecule has 0 bridgehead atoms. The van der Waals surface area contributed by atoms with Crippen molar-refractivity contribution in [2.75, 3.05) is 11.4 Å². The molecule has 1 aromatic carbocycles. The molecule has 160 valence electrons. The first-order valence-electron chi connectivity index (χ1n) is 9.06. The smallest absolute Gasteiger partial charge is 0.270 e. The largest absolute Gasteiger partial charge is 0.391 e. The maximum Gasteiger partial charge on any atom is 0.270 e. The number of piperazine rings is 1. The Bertz CT molecular complexity index is 964. The molecular weight excluding hydrogens is 423 g/mol. The molecule has 1 saturated heterocycles. The zero-order valence-corrected chi connectivity index (χ0v) is 16.9. The Balaban J connectivity index is 1.88. The normalized spacial score (nSPS) is 18.7. The summed E-state index contributed by atoms with van der Waals surface area (Å²) in [5.74, 6) is -5.51. The van der Waals surface area contributed by atoms with Gasteiger partial charge in [0.15, 0.2) is 11.6 Å². The number of anilines is 1. The van der Waals surface area contributed by atoms with Crippen molar-refractivity contribution in [3.05, 3.63) is 58.5 Å². The van der Waals surface area contributed by atoms with Crippen LogP contribution >= 0.6 is 11.6 Å². The summed E-state index contributed by atoms with van der Waals surface area (Å²) in [6, 6.07) is 5.00. The third kappa shape index (κ3) is 4.41. The summed E-state index contributed by atoms with van der Waals surface area (Å²) >= 11 is 5.68. The van der Waals surface area contributed by atoms with E-state index in [1.807, 2.05) is 0 Å². The van der Waals surface area contributed by atoms with Crippen molar-refractivity contribution in [1.82, 2.24) is 9.88 Å². The molecule has 2 amide bonds. The monoisotopic (exact) mass is 441 g/mol. The molecule has 2 aromatic rings. The van der Waals surface area contributed by atoms with Gasteiger partial charge in [0, 0.05) is 25.2 Å². The number of pyridine rings is 1. The van der Waals surface area contributed by atoms with Gasteiger partial charge in [0.05, 0.1) is 11.1 Å². The van der Waals surface area contributed by atoms with Gasteiger partial charge in [-0.1, -0.05) is 35.9 Å². The fourth-order valence-corrected chi connectivity index (χ4v) is 3.43. The minimum Gasteiger partial charge on any atom is -0.391 e. The van der Waals surface area contributed by atoms with Gasteiger partial charge in [-0.15, -0.1) is 0 Å². The number of hydrogen-bond acceptors (Lipinski definition) is 4. The van der Waals surface area contributed by atoms with Crippen molar-refractivity contribution in [1.29, 1.82) is 0 Å². The Morgan fingerprint density at radius 3 is 2.47 bits per heavy atom.